The van der Waals surface area contributed by atoms with E-state index in [2.05, 4.69) is 5.32 Å². The predicted octanol–water partition coefficient (Wildman–Crippen LogP) is 0.945. The largest absolute Gasteiger partial charge is 0.349 e. The van der Waals surface area contributed by atoms with Crippen molar-refractivity contribution in [1.82, 2.24) is 5.32 Å². The van der Waals surface area contributed by atoms with E-state index in [1.807, 2.05) is 13.8 Å². The molecule has 16 heavy (non-hydrogen) atoms. The van der Waals surface area contributed by atoms with Gasteiger partial charge < -0.3 is 5.32 Å². The summed E-state index contributed by atoms with van der Waals surface area (Å²) in [6.07, 6.45) is 1.15. The molecular formula is C10H18ClNO3S. The van der Waals surface area contributed by atoms with Crippen molar-refractivity contribution >= 4 is 27.3 Å². The van der Waals surface area contributed by atoms with E-state index in [4.69, 9.17) is 11.6 Å². The average Bonchev–Trinajstić information content (AvgIpc) is 2.58. The molecule has 0 bridgehead atoms. The minimum absolute atomic E-state index is 0.0269. The second-order valence-corrected chi connectivity index (χ2v) is 7.13. The number of hydrogen-bond donors (Lipinski definition) is 1. The standard InChI is InChI=1S/C10H18ClNO3S/c1-3-10(2,7-11)12-9(13)8-4-5-16(14,15)6-8/h8H,3-7H2,1-2H3,(H,12,13). The molecule has 4 nitrogen and oxygen atoms in total. The summed E-state index contributed by atoms with van der Waals surface area (Å²) in [6, 6.07) is 0. The first-order chi connectivity index (χ1) is 7.32. The topological polar surface area (TPSA) is 63.2 Å². The van der Waals surface area contributed by atoms with Gasteiger partial charge in [-0.25, -0.2) is 8.42 Å². The van der Waals surface area contributed by atoms with E-state index in [0.29, 0.717) is 12.3 Å². The van der Waals surface area contributed by atoms with Gasteiger partial charge in [-0.3, -0.25) is 4.79 Å². The van der Waals surface area contributed by atoms with E-state index < -0.39 is 21.3 Å². The Hall–Kier alpha value is -0.290. The number of carbonyl (C=O) groups is 1. The molecule has 0 saturated carbocycles. The van der Waals surface area contributed by atoms with Crippen molar-refractivity contribution in [2.24, 2.45) is 5.92 Å². The molecule has 1 N–H and O–H groups in total. The van der Waals surface area contributed by atoms with Crippen LogP contribution in [0.5, 0.6) is 0 Å². The van der Waals surface area contributed by atoms with Crippen molar-refractivity contribution in [3.05, 3.63) is 0 Å². The number of sulfone groups is 1. The summed E-state index contributed by atoms with van der Waals surface area (Å²) in [5, 5.41) is 2.84. The maximum absolute atomic E-state index is 11.8. The molecule has 0 radical (unpaired) electrons. The molecule has 1 saturated heterocycles. The normalized spacial score (nSPS) is 27.3. The van der Waals surface area contributed by atoms with Gasteiger partial charge in [0.05, 0.1) is 23.0 Å². The molecule has 94 valence electrons. The summed E-state index contributed by atoms with van der Waals surface area (Å²) in [5.74, 6) is -0.171. The Morgan fingerprint density at radius 2 is 2.19 bits per heavy atom. The van der Waals surface area contributed by atoms with Crippen LogP contribution in [0.4, 0.5) is 0 Å². The van der Waals surface area contributed by atoms with Crippen molar-refractivity contribution in [2.45, 2.75) is 32.2 Å². The second-order valence-electron chi connectivity index (χ2n) is 4.64. The summed E-state index contributed by atoms with van der Waals surface area (Å²) in [5.41, 5.74) is -0.439. The third kappa shape index (κ3) is 3.35. The van der Waals surface area contributed by atoms with E-state index in [1.165, 1.54) is 0 Å². The van der Waals surface area contributed by atoms with Crippen LogP contribution in [0.15, 0.2) is 0 Å². The Morgan fingerprint density at radius 3 is 2.56 bits per heavy atom. The fraction of sp³-hybridized carbons (Fsp3) is 0.900. The van der Waals surface area contributed by atoms with Gasteiger partial charge >= 0.3 is 0 Å². The number of hydrogen-bond acceptors (Lipinski definition) is 3. The van der Waals surface area contributed by atoms with Crippen LogP contribution in [0.25, 0.3) is 0 Å². The zero-order chi connectivity index (χ0) is 12.4. The lowest BCUT2D eigenvalue weighted by Gasteiger charge is -2.28. The molecule has 1 aliphatic heterocycles. The quantitative estimate of drug-likeness (QED) is 0.772. The molecule has 0 aromatic carbocycles. The third-order valence-electron chi connectivity index (χ3n) is 3.10. The molecule has 1 amide bonds. The highest BCUT2D eigenvalue weighted by Crippen LogP contribution is 2.20. The third-order valence-corrected chi connectivity index (χ3v) is 5.46. The smallest absolute Gasteiger partial charge is 0.224 e. The Balaban J connectivity index is 2.60. The molecule has 0 aliphatic carbocycles. The highest BCUT2D eigenvalue weighted by molar-refractivity contribution is 7.91. The molecule has 1 aliphatic rings. The molecule has 2 unspecified atom stereocenters. The predicted molar refractivity (Wildman–Crippen MR) is 64.3 cm³/mol. The summed E-state index contributed by atoms with van der Waals surface area (Å²) < 4.78 is 22.5. The van der Waals surface area contributed by atoms with Crippen LogP contribution >= 0.6 is 11.6 Å². The first kappa shape index (κ1) is 13.8. The van der Waals surface area contributed by atoms with Gasteiger partial charge in [0.1, 0.15) is 0 Å². The lowest BCUT2D eigenvalue weighted by atomic mass is 9.99. The Kier molecular flexibility index (Phi) is 4.23. The van der Waals surface area contributed by atoms with Crippen molar-refractivity contribution in [3.63, 3.8) is 0 Å². The number of halogens is 1. The minimum atomic E-state index is -3.00. The average molecular weight is 268 g/mol. The molecule has 0 aromatic heterocycles. The van der Waals surface area contributed by atoms with E-state index in [1.54, 1.807) is 0 Å². The number of carbonyl (C=O) groups excluding carboxylic acids is 1. The molecule has 1 rings (SSSR count). The van der Waals surface area contributed by atoms with Crippen molar-refractivity contribution in [3.8, 4) is 0 Å². The monoisotopic (exact) mass is 267 g/mol. The summed E-state index contributed by atoms with van der Waals surface area (Å²) in [4.78, 5) is 11.8. The molecule has 2 atom stereocenters. The lowest BCUT2D eigenvalue weighted by molar-refractivity contribution is -0.125. The van der Waals surface area contributed by atoms with Crippen LogP contribution < -0.4 is 5.32 Å². The van der Waals surface area contributed by atoms with E-state index in [9.17, 15) is 13.2 Å². The van der Waals surface area contributed by atoms with Crippen molar-refractivity contribution in [1.29, 1.82) is 0 Å². The van der Waals surface area contributed by atoms with Crippen LogP contribution in [0.3, 0.4) is 0 Å². The van der Waals surface area contributed by atoms with E-state index in [0.717, 1.165) is 6.42 Å². The van der Waals surface area contributed by atoms with Gasteiger partial charge in [0.15, 0.2) is 9.84 Å². The Labute approximate surface area is 102 Å². The number of nitrogens with one attached hydrogen (secondary N) is 1. The zero-order valence-electron chi connectivity index (χ0n) is 9.62. The highest BCUT2D eigenvalue weighted by atomic mass is 35.5. The molecule has 0 spiro atoms. The maximum atomic E-state index is 11.8. The molecule has 1 fully saturated rings. The SMILES string of the molecule is CCC(C)(CCl)NC(=O)C1CCS(=O)(=O)C1. The Bertz CT molecular complexity index is 362. The van der Waals surface area contributed by atoms with Crippen molar-refractivity contribution in [2.75, 3.05) is 17.4 Å². The van der Waals surface area contributed by atoms with Crippen LogP contribution in [0.1, 0.15) is 26.7 Å². The van der Waals surface area contributed by atoms with Crippen LogP contribution in [0.2, 0.25) is 0 Å². The summed E-state index contributed by atoms with van der Waals surface area (Å²) >= 11 is 5.78. The van der Waals surface area contributed by atoms with Gasteiger partial charge in [-0.2, -0.15) is 0 Å². The van der Waals surface area contributed by atoms with Gasteiger partial charge in [0.2, 0.25) is 5.91 Å². The van der Waals surface area contributed by atoms with Crippen LogP contribution in [-0.4, -0.2) is 37.2 Å². The minimum Gasteiger partial charge on any atom is -0.349 e. The first-order valence-corrected chi connectivity index (χ1v) is 7.76. The van der Waals surface area contributed by atoms with Gasteiger partial charge in [0, 0.05) is 5.88 Å². The maximum Gasteiger partial charge on any atom is 0.224 e. The molecule has 1 heterocycles. The number of rotatable bonds is 4. The summed E-state index contributed by atoms with van der Waals surface area (Å²) in [6.45, 7) is 3.80. The van der Waals surface area contributed by atoms with Crippen LogP contribution in [0, 0.1) is 5.92 Å². The Morgan fingerprint density at radius 1 is 1.56 bits per heavy atom. The molecular weight excluding hydrogens is 250 g/mol. The molecule has 0 aromatic rings. The molecule has 6 heteroatoms. The van der Waals surface area contributed by atoms with Gasteiger partial charge in [-0.1, -0.05) is 6.92 Å². The second kappa shape index (κ2) is 4.92. The fourth-order valence-electron chi connectivity index (χ4n) is 1.62. The van der Waals surface area contributed by atoms with E-state index in [-0.39, 0.29) is 17.4 Å². The summed E-state index contributed by atoms with van der Waals surface area (Å²) in [7, 11) is -3.00. The van der Waals surface area contributed by atoms with Gasteiger partial charge in [-0.05, 0) is 19.8 Å². The van der Waals surface area contributed by atoms with Gasteiger partial charge in [-0.15, -0.1) is 11.6 Å². The number of amides is 1. The van der Waals surface area contributed by atoms with Gasteiger partial charge in [0.25, 0.3) is 0 Å². The van der Waals surface area contributed by atoms with Crippen molar-refractivity contribution < 1.29 is 13.2 Å². The zero-order valence-corrected chi connectivity index (χ0v) is 11.2. The first-order valence-electron chi connectivity index (χ1n) is 5.40. The lowest BCUT2D eigenvalue weighted by Crippen LogP contribution is -2.49. The number of alkyl halides is 1. The highest BCUT2D eigenvalue weighted by Gasteiger charge is 2.35. The fourth-order valence-corrected chi connectivity index (χ4v) is 3.61. The van der Waals surface area contributed by atoms with E-state index >= 15 is 0 Å². The van der Waals surface area contributed by atoms with Crippen LogP contribution in [-0.2, 0) is 14.6 Å².